The van der Waals surface area contributed by atoms with Crippen molar-refractivity contribution in [2.75, 3.05) is 17.2 Å². The van der Waals surface area contributed by atoms with E-state index in [0.29, 0.717) is 11.6 Å². The molecule has 4 rings (SSSR count). The van der Waals surface area contributed by atoms with E-state index >= 15 is 0 Å². The van der Waals surface area contributed by atoms with Crippen LogP contribution in [0.2, 0.25) is 0 Å². The van der Waals surface area contributed by atoms with Gasteiger partial charge in [-0.3, -0.25) is 0 Å². The second kappa shape index (κ2) is 7.83. The number of nitrogens with one attached hydrogen (secondary N) is 2. The highest BCUT2D eigenvalue weighted by Gasteiger charge is 2.08. The summed E-state index contributed by atoms with van der Waals surface area (Å²) in [5.41, 5.74) is 2.70. The molecule has 0 fully saturated rings. The molecule has 4 aromatic rings. The van der Waals surface area contributed by atoms with Crippen LogP contribution in [0.3, 0.4) is 0 Å². The van der Waals surface area contributed by atoms with E-state index in [-0.39, 0.29) is 5.82 Å². The minimum absolute atomic E-state index is 0.304. The number of nitrogens with zero attached hydrogens (tertiary/aromatic N) is 2. The minimum Gasteiger partial charge on any atom is -0.369 e. The third-order valence-electron chi connectivity index (χ3n) is 4.23. The Morgan fingerprint density at radius 2 is 1.63 bits per heavy atom. The Morgan fingerprint density at radius 1 is 0.815 bits per heavy atom. The molecule has 0 radical (unpaired) electrons. The Kier molecular flexibility index (Phi) is 4.92. The smallest absolute Gasteiger partial charge is 0.229 e. The maximum absolute atomic E-state index is 13.4. The Balaban J connectivity index is 1.58. The SMILES string of the molecule is Fc1cccc(Nc2nc(NCCc3ccccc3)c3ccccc3n2)c1. The van der Waals surface area contributed by atoms with E-state index in [9.17, 15) is 4.39 Å². The van der Waals surface area contributed by atoms with Gasteiger partial charge in [-0.25, -0.2) is 9.37 Å². The number of para-hydroxylation sites is 1. The number of aromatic nitrogens is 2. The largest absolute Gasteiger partial charge is 0.369 e. The Morgan fingerprint density at radius 3 is 2.48 bits per heavy atom. The molecule has 0 bridgehead atoms. The fourth-order valence-corrected chi connectivity index (χ4v) is 2.93. The van der Waals surface area contributed by atoms with Crippen LogP contribution in [0, 0.1) is 5.82 Å². The third kappa shape index (κ3) is 4.20. The summed E-state index contributed by atoms with van der Waals surface area (Å²) in [6.45, 7) is 0.754. The normalized spacial score (nSPS) is 10.7. The van der Waals surface area contributed by atoms with Crippen LogP contribution in [0.15, 0.2) is 78.9 Å². The van der Waals surface area contributed by atoms with Crippen LogP contribution in [0.25, 0.3) is 10.9 Å². The second-order valence-corrected chi connectivity index (χ2v) is 6.21. The molecule has 1 aromatic heterocycles. The molecule has 0 aliphatic heterocycles. The molecule has 0 saturated carbocycles. The highest BCUT2D eigenvalue weighted by Crippen LogP contribution is 2.23. The van der Waals surface area contributed by atoms with Gasteiger partial charge in [0, 0.05) is 17.6 Å². The van der Waals surface area contributed by atoms with Crippen molar-refractivity contribution in [3.05, 3.63) is 90.2 Å². The van der Waals surface area contributed by atoms with Crippen LogP contribution < -0.4 is 10.6 Å². The van der Waals surface area contributed by atoms with Crippen LogP contribution in [0.4, 0.5) is 21.8 Å². The highest BCUT2D eigenvalue weighted by atomic mass is 19.1. The number of hydrogen-bond donors (Lipinski definition) is 2. The Bertz CT molecular complexity index is 1050. The average Bonchev–Trinajstić information content (AvgIpc) is 2.69. The molecule has 0 atom stereocenters. The van der Waals surface area contributed by atoms with E-state index in [2.05, 4.69) is 32.7 Å². The van der Waals surface area contributed by atoms with E-state index in [0.717, 1.165) is 29.7 Å². The zero-order valence-electron chi connectivity index (χ0n) is 14.7. The number of hydrogen-bond acceptors (Lipinski definition) is 4. The van der Waals surface area contributed by atoms with Crippen LogP contribution in [-0.2, 0) is 6.42 Å². The number of fused-ring (bicyclic) bond motifs is 1. The van der Waals surface area contributed by atoms with Gasteiger partial charge >= 0.3 is 0 Å². The fourth-order valence-electron chi connectivity index (χ4n) is 2.93. The minimum atomic E-state index is -0.304. The first-order valence-electron chi connectivity index (χ1n) is 8.85. The molecule has 2 N–H and O–H groups in total. The highest BCUT2D eigenvalue weighted by molar-refractivity contribution is 5.90. The maximum Gasteiger partial charge on any atom is 0.229 e. The van der Waals surface area contributed by atoms with Crippen molar-refractivity contribution in [1.82, 2.24) is 9.97 Å². The maximum atomic E-state index is 13.4. The fraction of sp³-hybridized carbons (Fsp3) is 0.0909. The van der Waals surface area contributed by atoms with Crippen LogP contribution in [0.5, 0.6) is 0 Å². The first-order chi connectivity index (χ1) is 13.3. The number of halogens is 1. The lowest BCUT2D eigenvalue weighted by Gasteiger charge is -2.12. The van der Waals surface area contributed by atoms with Crippen LogP contribution in [0.1, 0.15) is 5.56 Å². The predicted molar refractivity (Wildman–Crippen MR) is 108 cm³/mol. The molecule has 134 valence electrons. The van der Waals surface area contributed by atoms with Gasteiger partial charge in [-0.15, -0.1) is 0 Å². The van der Waals surface area contributed by atoms with Gasteiger partial charge in [-0.2, -0.15) is 4.98 Å². The van der Waals surface area contributed by atoms with Gasteiger partial charge in [0.1, 0.15) is 11.6 Å². The van der Waals surface area contributed by atoms with Gasteiger partial charge < -0.3 is 10.6 Å². The molecule has 27 heavy (non-hydrogen) atoms. The zero-order valence-corrected chi connectivity index (χ0v) is 14.7. The third-order valence-corrected chi connectivity index (χ3v) is 4.23. The van der Waals surface area contributed by atoms with Gasteiger partial charge in [0.2, 0.25) is 5.95 Å². The van der Waals surface area contributed by atoms with Gasteiger partial charge in [0.25, 0.3) is 0 Å². The lowest BCUT2D eigenvalue weighted by Crippen LogP contribution is -2.09. The van der Waals surface area contributed by atoms with E-state index in [1.807, 2.05) is 42.5 Å². The van der Waals surface area contributed by atoms with E-state index in [1.54, 1.807) is 12.1 Å². The van der Waals surface area contributed by atoms with Crippen molar-refractivity contribution in [3.63, 3.8) is 0 Å². The molecular formula is C22H19FN4. The van der Waals surface area contributed by atoms with Crippen molar-refractivity contribution in [1.29, 1.82) is 0 Å². The van der Waals surface area contributed by atoms with Crippen LogP contribution in [-0.4, -0.2) is 16.5 Å². The lowest BCUT2D eigenvalue weighted by atomic mass is 10.1. The summed E-state index contributed by atoms with van der Waals surface area (Å²) in [6.07, 6.45) is 0.895. The van der Waals surface area contributed by atoms with Crippen molar-refractivity contribution >= 4 is 28.4 Å². The van der Waals surface area contributed by atoms with E-state index < -0.39 is 0 Å². The lowest BCUT2D eigenvalue weighted by molar-refractivity contribution is 0.628. The summed E-state index contributed by atoms with van der Waals surface area (Å²) in [5, 5.41) is 7.45. The molecule has 0 amide bonds. The molecule has 5 heteroatoms. The standard InChI is InChI=1S/C22H19FN4/c23-17-9-6-10-18(15-17)25-22-26-20-12-5-4-11-19(20)21(27-22)24-14-13-16-7-2-1-3-8-16/h1-12,15H,13-14H2,(H2,24,25,26,27). The summed E-state index contributed by atoms with van der Waals surface area (Å²) < 4.78 is 13.4. The summed E-state index contributed by atoms with van der Waals surface area (Å²) in [4.78, 5) is 9.14. The van der Waals surface area contributed by atoms with Crippen molar-refractivity contribution in [2.45, 2.75) is 6.42 Å². The van der Waals surface area contributed by atoms with Crippen molar-refractivity contribution in [2.24, 2.45) is 0 Å². The Labute approximate surface area is 157 Å². The number of rotatable bonds is 6. The number of benzene rings is 3. The topological polar surface area (TPSA) is 49.8 Å². The van der Waals surface area contributed by atoms with E-state index in [4.69, 9.17) is 0 Å². The van der Waals surface area contributed by atoms with Gasteiger partial charge in [0.05, 0.1) is 5.52 Å². The van der Waals surface area contributed by atoms with E-state index in [1.165, 1.54) is 17.7 Å². The molecule has 0 unspecified atom stereocenters. The first kappa shape index (κ1) is 17.0. The Hall–Kier alpha value is -3.47. The molecule has 0 aliphatic carbocycles. The molecule has 1 heterocycles. The first-order valence-corrected chi connectivity index (χ1v) is 8.85. The predicted octanol–water partition coefficient (Wildman–Crippen LogP) is 5.17. The molecule has 0 aliphatic rings. The quantitative estimate of drug-likeness (QED) is 0.499. The molecule has 0 saturated heterocycles. The number of anilines is 3. The second-order valence-electron chi connectivity index (χ2n) is 6.21. The monoisotopic (exact) mass is 358 g/mol. The molecule has 3 aromatic carbocycles. The molecule has 0 spiro atoms. The molecule has 4 nitrogen and oxygen atoms in total. The summed E-state index contributed by atoms with van der Waals surface area (Å²) in [7, 11) is 0. The van der Waals surface area contributed by atoms with Gasteiger partial charge in [0.15, 0.2) is 0 Å². The van der Waals surface area contributed by atoms with Crippen molar-refractivity contribution in [3.8, 4) is 0 Å². The summed E-state index contributed by atoms with van der Waals surface area (Å²) in [5.74, 6) is 0.888. The summed E-state index contributed by atoms with van der Waals surface area (Å²) >= 11 is 0. The average molecular weight is 358 g/mol. The zero-order chi connectivity index (χ0) is 18.5. The van der Waals surface area contributed by atoms with Crippen LogP contribution >= 0.6 is 0 Å². The summed E-state index contributed by atoms with van der Waals surface area (Å²) in [6, 6.07) is 24.4. The van der Waals surface area contributed by atoms with Gasteiger partial charge in [-0.1, -0.05) is 48.5 Å². The van der Waals surface area contributed by atoms with Crippen molar-refractivity contribution < 1.29 is 4.39 Å². The molecular weight excluding hydrogens is 339 g/mol. The van der Waals surface area contributed by atoms with Gasteiger partial charge in [-0.05, 0) is 42.3 Å².